The third kappa shape index (κ3) is 4.47. The highest BCUT2D eigenvalue weighted by molar-refractivity contribution is 7.89. The van der Waals surface area contributed by atoms with E-state index in [0.29, 0.717) is 5.69 Å². The normalized spacial score (nSPS) is 11.3. The number of halogens is 1. The highest BCUT2D eigenvalue weighted by Crippen LogP contribution is 2.24. The minimum atomic E-state index is -3.87. The monoisotopic (exact) mass is 407 g/mol. The number of carbonyl (C=O) groups excluding carboxylic acids is 1. The fourth-order valence-electron chi connectivity index (χ4n) is 2.20. The van der Waals surface area contributed by atoms with Gasteiger partial charge in [-0.15, -0.1) is 11.3 Å². The van der Waals surface area contributed by atoms with Crippen molar-refractivity contribution in [3.05, 3.63) is 65.1 Å². The fourth-order valence-corrected chi connectivity index (χ4v) is 4.34. The molecule has 26 heavy (non-hydrogen) atoms. The molecule has 0 saturated heterocycles. The summed E-state index contributed by atoms with van der Waals surface area (Å²) in [6.45, 7) is -0.408. The topological polar surface area (TPSA) is 88.2 Å². The van der Waals surface area contributed by atoms with E-state index in [9.17, 15) is 13.2 Å². The molecule has 0 fully saturated rings. The van der Waals surface area contributed by atoms with Gasteiger partial charge in [0.15, 0.2) is 0 Å². The summed E-state index contributed by atoms with van der Waals surface area (Å²) < 4.78 is 26.7. The van der Waals surface area contributed by atoms with Gasteiger partial charge >= 0.3 is 0 Å². The van der Waals surface area contributed by atoms with E-state index in [1.807, 2.05) is 11.4 Å². The molecule has 1 heterocycles. The second-order valence-electron chi connectivity index (χ2n) is 5.22. The fraction of sp³-hybridized carbons (Fsp3) is 0.0588. The number of carbonyl (C=O) groups is 1. The molecule has 0 aliphatic carbocycles. The van der Waals surface area contributed by atoms with Crippen molar-refractivity contribution in [2.75, 3.05) is 11.9 Å². The molecule has 3 aromatic rings. The van der Waals surface area contributed by atoms with Crippen LogP contribution in [0.2, 0.25) is 5.02 Å². The van der Waals surface area contributed by atoms with Crippen molar-refractivity contribution >= 4 is 44.6 Å². The smallest absolute Gasteiger partial charge is 0.242 e. The first-order valence-electron chi connectivity index (χ1n) is 7.50. The van der Waals surface area contributed by atoms with Crippen LogP contribution in [0.3, 0.4) is 0 Å². The Morgan fingerprint density at radius 1 is 1.15 bits per heavy atom. The Bertz CT molecular complexity index is 1020. The molecule has 0 atom stereocenters. The number of nitrogens with zero attached hydrogens (tertiary/aromatic N) is 1. The lowest BCUT2D eigenvalue weighted by atomic mass is 10.2. The molecule has 134 valence electrons. The standard InChI is InChI=1S/C17H14ClN3O3S2/c18-14-6-1-2-7-15(14)26(23,24)20-11-16(22)21-13-5-3-4-12(10-13)17-19-8-9-25-17/h1-10,20H,11H2,(H,21,22). The minimum Gasteiger partial charge on any atom is -0.325 e. The molecule has 0 radical (unpaired) electrons. The van der Waals surface area contributed by atoms with E-state index >= 15 is 0 Å². The Balaban J connectivity index is 1.65. The van der Waals surface area contributed by atoms with Gasteiger partial charge in [0.05, 0.1) is 11.6 Å². The predicted molar refractivity (Wildman–Crippen MR) is 103 cm³/mol. The van der Waals surface area contributed by atoms with Gasteiger partial charge in [-0.2, -0.15) is 0 Å². The third-order valence-electron chi connectivity index (χ3n) is 3.37. The molecule has 0 aliphatic rings. The van der Waals surface area contributed by atoms with Gasteiger partial charge in [0.1, 0.15) is 9.90 Å². The van der Waals surface area contributed by atoms with E-state index in [1.165, 1.54) is 23.5 Å². The number of thiazole rings is 1. The summed E-state index contributed by atoms with van der Waals surface area (Å²) in [7, 11) is -3.87. The van der Waals surface area contributed by atoms with Gasteiger partial charge in [0.25, 0.3) is 0 Å². The van der Waals surface area contributed by atoms with E-state index in [4.69, 9.17) is 11.6 Å². The third-order valence-corrected chi connectivity index (χ3v) is 6.10. The second-order valence-corrected chi connectivity index (χ2v) is 8.26. The molecule has 2 aromatic carbocycles. The summed E-state index contributed by atoms with van der Waals surface area (Å²) >= 11 is 7.38. The summed E-state index contributed by atoms with van der Waals surface area (Å²) in [4.78, 5) is 16.2. The van der Waals surface area contributed by atoms with Crippen LogP contribution in [0.1, 0.15) is 0 Å². The lowest BCUT2D eigenvalue weighted by Gasteiger charge is -2.09. The SMILES string of the molecule is O=C(CNS(=O)(=O)c1ccccc1Cl)Nc1cccc(-c2nccs2)c1. The highest BCUT2D eigenvalue weighted by atomic mass is 35.5. The lowest BCUT2D eigenvalue weighted by Crippen LogP contribution is -2.33. The Morgan fingerprint density at radius 3 is 2.69 bits per heavy atom. The number of hydrogen-bond donors (Lipinski definition) is 2. The van der Waals surface area contributed by atoms with Crippen molar-refractivity contribution in [3.63, 3.8) is 0 Å². The molecule has 0 aliphatic heterocycles. The van der Waals surface area contributed by atoms with Crippen LogP contribution in [0.5, 0.6) is 0 Å². The molecule has 6 nitrogen and oxygen atoms in total. The Kier molecular flexibility index (Phi) is 5.67. The molecular weight excluding hydrogens is 394 g/mol. The molecule has 9 heteroatoms. The number of aromatic nitrogens is 1. The van der Waals surface area contributed by atoms with Crippen molar-refractivity contribution in [1.82, 2.24) is 9.71 Å². The number of amides is 1. The largest absolute Gasteiger partial charge is 0.325 e. The number of rotatable bonds is 6. The van der Waals surface area contributed by atoms with Crippen LogP contribution in [-0.4, -0.2) is 25.9 Å². The number of hydrogen-bond acceptors (Lipinski definition) is 5. The number of benzene rings is 2. The summed E-state index contributed by atoms with van der Waals surface area (Å²) in [5, 5.41) is 5.45. The zero-order chi connectivity index (χ0) is 18.6. The van der Waals surface area contributed by atoms with Gasteiger partial charge in [-0.1, -0.05) is 35.9 Å². The zero-order valence-corrected chi connectivity index (χ0v) is 15.7. The van der Waals surface area contributed by atoms with Crippen LogP contribution < -0.4 is 10.0 Å². The van der Waals surface area contributed by atoms with Crippen molar-refractivity contribution < 1.29 is 13.2 Å². The zero-order valence-electron chi connectivity index (χ0n) is 13.3. The summed E-state index contributed by atoms with van der Waals surface area (Å²) in [5.74, 6) is -0.489. The van der Waals surface area contributed by atoms with Gasteiger partial charge in [0, 0.05) is 22.8 Å². The van der Waals surface area contributed by atoms with Gasteiger partial charge in [-0.3, -0.25) is 4.79 Å². The Hall–Kier alpha value is -2.26. The summed E-state index contributed by atoms with van der Waals surface area (Å²) in [5.41, 5.74) is 1.43. The van der Waals surface area contributed by atoms with Gasteiger partial charge in [-0.25, -0.2) is 18.1 Å². The number of anilines is 1. The Labute approximate surface area is 159 Å². The van der Waals surface area contributed by atoms with Crippen molar-refractivity contribution in [2.45, 2.75) is 4.90 Å². The quantitative estimate of drug-likeness (QED) is 0.655. The average molecular weight is 408 g/mol. The first-order valence-corrected chi connectivity index (χ1v) is 10.2. The number of nitrogens with one attached hydrogen (secondary N) is 2. The maximum absolute atomic E-state index is 12.2. The molecular formula is C17H14ClN3O3S2. The highest BCUT2D eigenvalue weighted by Gasteiger charge is 2.18. The molecule has 1 amide bonds. The van der Waals surface area contributed by atoms with Crippen LogP contribution in [0.25, 0.3) is 10.6 Å². The molecule has 2 N–H and O–H groups in total. The van der Waals surface area contributed by atoms with Gasteiger partial charge in [-0.05, 0) is 24.3 Å². The van der Waals surface area contributed by atoms with E-state index in [2.05, 4.69) is 15.0 Å². The van der Waals surface area contributed by atoms with E-state index < -0.39 is 22.5 Å². The molecule has 0 saturated carbocycles. The van der Waals surface area contributed by atoms with Gasteiger partial charge < -0.3 is 5.32 Å². The van der Waals surface area contributed by atoms with E-state index in [-0.39, 0.29) is 9.92 Å². The van der Waals surface area contributed by atoms with Crippen molar-refractivity contribution in [3.8, 4) is 10.6 Å². The number of sulfonamides is 1. The van der Waals surface area contributed by atoms with Crippen molar-refractivity contribution in [1.29, 1.82) is 0 Å². The Morgan fingerprint density at radius 2 is 1.96 bits per heavy atom. The maximum Gasteiger partial charge on any atom is 0.242 e. The molecule has 3 rings (SSSR count). The van der Waals surface area contributed by atoms with Crippen LogP contribution >= 0.6 is 22.9 Å². The van der Waals surface area contributed by atoms with Gasteiger partial charge in [0.2, 0.25) is 15.9 Å². The van der Waals surface area contributed by atoms with E-state index in [1.54, 1.807) is 36.5 Å². The van der Waals surface area contributed by atoms with Crippen LogP contribution in [-0.2, 0) is 14.8 Å². The second kappa shape index (κ2) is 7.96. The molecule has 0 bridgehead atoms. The van der Waals surface area contributed by atoms with Crippen LogP contribution in [0.15, 0.2) is 65.0 Å². The predicted octanol–water partition coefficient (Wildman–Crippen LogP) is 3.38. The lowest BCUT2D eigenvalue weighted by molar-refractivity contribution is -0.115. The minimum absolute atomic E-state index is 0.0692. The first kappa shape index (κ1) is 18.5. The average Bonchev–Trinajstić information content (AvgIpc) is 3.15. The maximum atomic E-state index is 12.2. The first-order chi connectivity index (χ1) is 12.5. The van der Waals surface area contributed by atoms with Crippen molar-refractivity contribution in [2.24, 2.45) is 0 Å². The van der Waals surface area contributed by atoms with Crippen LogP contribution in [0, 0.1) is 0 Å². The molecule has 1 aromatic heterocycles. The van der Waals surface area contributed by atoms with Crippen LogP contribution in [0.4, 0.5) is 5.69 Å². The van der Waals surface area contributed by atoms with E-state index in [0.717, 1.165) is 10.6 Å². The summed E-state index contributed by atoms with van der Waals surface area (Å²) in [6.07, 6.45) is 1.70. The summed E-state index contributed by atoms with van der Waals surface area (Å²) in [6, 6.07) is 13.2. The molecule has 0 spiro atoms. The molecule has 0 unspecified atom stereocenters.